The van der Waals surface area contributed by atoms with Gasteiger partial charge in [-0.2, -0.15) is 0 Å². The van der Waals surface area contributed by atoms with Crippen molar-refractivity contribution >= 4 is 11.4 Å². The smallest absolute Gasteiger partial charge is 0.210 e. The fourth-order valence-corrected chi connectivity index (χ4v) is 5.51. The largest absolute Gasteiger partial charge is 0.493 e. The molecule has 0 saturated heterocycles. The number of unbranched alkanes of at least 4 members (excludes halogenated alkanes) is 11. The Morgan fingerprint density at radius 1 is 0.513 bits per heavy atom. The van der Waals surface area contributed by atoms with E-state index >= 15 is 0 Å². The molecule has 0 saturated carbocycles. The fraction of sp³-hybridized carbons (Fsp3) is 0.556. The van der Waals surface area contributed by atoms with E-state index in [9.17, 15) is 5.53 Å². The Balaban J connectivity index is 0.00000533. The van der Waals surface area contributed by atoms with E-state index < -0.39 is 0 Å². The van der Waals surface area contributed by atoms with Gasteiger partial charge >= 0.3 is 0 Å². The Morgan fingerprint density at radius 3 is 1.49 bits per heavy atom. The number of nitrogens with zero attached hydrogens (tertiary/aromatic N) is 2. The zero-order chi connectivity index (χ0) is 27.0. The van der Waals surface area contributed by atoms with Gasteiger partial charge in [-0.3, -0.25) is 0 Å². The van der Waals surface area contributed by atoms with Crippen LogP contribution in [-0.4, -0.2) is 4.70 Å². The van der Waals surface area contributed by atoms with E-state index in [1.807, 2.05) is 0 Å². The zero-order valence-corrected chi connectivity index (χ0v) is 25.9. The van der Waals surface area contributed by atoms with Crippen molar-refractivity contribution < 1.29 is 21.2 Å². The van der Waals surface area contributed by atoms with E-state index in [4.69, 9.17) is 0 Å². The molecule has 0 bridgehead atoms. The summed E-state index contributed by atoms with van der Waals surface area (Å²) in [5.41, 5.74) is 19.5. The topological polar surface area (TPSA) is 25.3 Å². The molecule has 0 fully saturated rings. The maximum Gasteiger partial charge on any atom is 0.210 e. The van der Waals surface area contributed by atoms with Gasteiger partial charge in [0.05, 0.1) is 0 Å². The minimum Gasteiger partial charge on any atom is -0.493 e. The predicted octanol–water partition coefficient (Wildman–Crippen LogP) is 11.5. The number of aryl methyl sites for hydroxylation is 2. The van der Waals surface area contributed by atoms with Crippen LogP contribution in [0.4, 0.5) is 0 Å². The first-order valence-electron chi connectivity index (χ1n) is 15.8. The van der Waals surface area contributed by atoms with Crippen molar-refractivity contribution in [2.45, 2.75) is 130 Å². The quantitative estimate of drug-likeness (QED) is 0.0911. The second-order valence-corrected chi connectivity index (χ2v) is 11.2. The van der Waals surface area contributed by atoms with Crippen LogP contribution in [-0.2, 0) is 29.3 Å². The first-order valence-corrected chi connectivity index (χ1v) is 15.8. The van der Waals surface area contributed by atoms with Crippen molar-refractivity contribution in [3.05, 3.63) is 88.0 Å². The molecule has 0 radical (unpaired) electrons. The molecule has 2 nitrogen and oxygen atoms in total. The molecule has 39 heavy (non-hydrogen) atoms. The summed E-state index contributed by atoms with van der Waals surface area (Å²) in [4.78, 5) is 0. The number of benzene rings is 2. The molecule has 1 aliphatic rings. The van der Waals surface area contributed by atoms with Gasteiger partial charge in [-0.05, 0) is 73.9 Å². The van der Waals surface area contributed by atoms with Crippen LogP contribution in [0, 0.1) is 0 Å². The molecule has 2 aromatic carbocycles. The molecule has 0 aromatic heterocycles. The minimum absolute atomic E-state index is 0. The molecule has 0 amide bonds. The van der Waals surface area contributed by atoms with E-state index in [1.54, 1.807) is 0 Å². The normalized spacial score (nSPS) is 13.1. The van der Waals surface area contributed by atoms with Crippen LogP contribution in [0.25, 0.3) is 16.9 Å². The summed E-state index contributed by atoms with van der Waals surface area (Å²) in [6.07, 6.45) is 23.6. The molecule has 3 heteroatoms. The summed E-state index contributed by atoms with van der Waals surface area (Å²) in [5.74, 6) is 0. The molecule has 216 valence electrons. The van der Waals surface area contributed by atoms with Crippen molar-refractivity contribution in [1.29, 1.82) is 0 Å². The van der Waals surface area contributed by atoms with E-state index in [0.717, 1.165) is 41.8 Å². The molecule has 3 rings (SSSR count). The molecule has 0 aliphatic carbocycles. The number of hydrogen-bond donors (Lipinski definition) is 0. The van der Waals surface area contributed by atoms with Gasteiger partial charge in [-0.15, -0.1) is 0 Å². The van der Waals surface area contributed by atoms with Crippen molar-refractivity contribution in [3.63, 3.8) is 0 Å². The van der Waals surface area contributed by atoms with Gasteiger partial charge in [-0.25, -0.2) is 4.70 Å². The first-order chi connectivity index (χ1) is 18.7. The van der Waals surface area contributed by atoms with Gasteiger partial charge in [-0.1, -0.05) is 116 Å². The number of allylic oxidation sites excluding steroid dienone is 2. The molecule has 2 aromatic rings. The third kappa shape index (κ3) is 10.8. The van der Waals surface area contributed by atoms with Gasteiger partial charge < -0.3 is 5.53 Å². The SMILES string of the molecule is CCCCCCCCC1=C(c2ccc(CCCC)cc2)[N+](=[N-])C(c2ccc(CCCCCCCC)cc2)=C1.[Ni]. The molecule has 0 unspecified atom stereocenters. The Morgan fingerprint density at radius 2 is 0.949 bits per heavy atom. The van der Waals surface area contributed by atoms with Crippen LogP contribution in [0.2, 0.25) is 0 Å². The van der Waals surface area contributed by atoms with Gasteiger partial charge in [0.1, 0.15) is 0 Å². The summed E-state index contributed by atoms with van der Waals surface area (Å²) in [5, 5.41) is 0. The standard InChI is InChI=1S/C36H52N2.Ni/c1-4-7-10-12-14-16-19-31-21-25-32(26-22-31)35-29-34(20-17-15-13-11-8-5-2)36(38(35)37)33-27-23-30(24-28-33)18-9-6-3;/h21-29H,4-20H2,1-3H3;. The third-order valence-electron chi connectivity index (χ3n) is 7.97. The fourth-order valence-electron chi connectivity index (χ4n) is 5.51. The summed E-state index contributed by atoms with van der Waals surface area (Å²) in [6, 6.07) is 17.8. The average molecular weight is 572 g/mol. The Bertz CT molecular complexity index is 1030. The van der Waals surface area contributed by atoms with E-state index in [2.05, 4.69) is 75.4 Å². The van der Waals surface area contributed by atoms with Gasteiger partial charge in [0.2, 0.25) is 11.4 Å². The Hall–Kier alpha value is -1.99. The van der Waals surface area contributed by atoms with E-state index in [0.29, 0.717) is 0 Å². The van der Waals surface area contributed by atoms with Crippen molar-refractivity contribution in [2.75, 3.05) is 0 Å². The number of hydrogen-bond acceptors (Lipinski definition) is 0. The maximum absolute atomic E-state index is 11.4. The summed E-state index contributed by atoms with van der Waals surface area (Å²) >= 11 is 0. The monoisotopic (exact) mass is 570 g/mol. The minimum atomic E-state index is 0. The van der Waals surface area contributed by atoms with Crippen molar-refractivity contribution in [3.8, 4) is 0 Å². The Labute approximate surface area is 249 Å². The molecule has 0 atom stereocenters. The van der Waals surface area contributed by atoms with Gasteiger partial charge in [0.25, 0.3) is 0 Å². The van der Waals surface area contributed by atoms with E-state index in [1.165, 1.54) is 111 Å². The molecular weight excluding hydrogens is 519 g/mol. The van der Waals surface area contributed by atoms with E-state index in [-0.39, 0.29) is 16.5 Å². The summed E-state index contributed by atoms with van der Waals surface area (Å²) in [6.45, 7) is 6.78. The van der Waals surface area contributed by atoms with Crippen molar-refractivity contribution in [1.82, 2.24) is 0 Å². The molecule has 1 heterocycles. The van der Waals surface area contributed by atoms with Crippen LogP contribution < -0.4 is 0 Å². The van der Waals surface area contributed by atoms with Crippen LogP contribution in [0.5, 0.6) is 0 Å². The maximum atomic E-state index is 11.4. The number of rotatable bonds is 19. The second kappa shape index (κ2) is 19.2. The van der Waals surface area contributed by atoms with Crippen LogP contribution in [0.15, 0.2) is 60.2 Å². The summed E-state index contributed by atoms with van der Waals surface area (Å²) < 4.78 is 1.45. The average Bonchev–Trinajstić information content (AvgIpc) is 3.27. The first kappa shape index (κ1) is 33.2. The molecule has 0 N–H and O–H groups in total. The molecular formula is C36H52N2Ni. The van der Waals surface area contributed by atoms with Crippen LogP contribution in [0.1, 0.15) is 139 Å². The van der Waals surface area contributed by atoms with Crippen LogP contribution in [0.3, 0.4) is 0 Å². The zero-order valence-electron chi connectivity index (χ0n) is 24.9. The molecule has 0 spiro atoms. The van der Waals surface area contributed by atoms with Crippen molar-refractivity contribution in [2.24, 2.45) is 0 Å². The second-order valence-electron chi connectivity index (χ2n) is 11.2. The van der Waals surface area contributed by atoms with Gasteiger partial charge in [0, 0.05) is 39.3 Å². The van der Waals surface area contributed by atoms with Crippen LogP contribution >= 0.6 is 0 Å². The molecule has 1 aliphatic heterocycles. The Kier molecular flexibility index (Phi) is 16.3. The van der Waals surface area contributed by atoms with Gasteiger partial charge in [0.15, 0.2) is 0 Å². The summed E-state index contributed by atoms with van der Waals surface area (Å²) in [7, 11) is 0. The predicted molar refractivity (Wildman–Crippen MR) is 165 cm³/mol. The third-order valence-corrected chi connectivity index (χ3v) is 7.97.